The van der Waals surface area contributed by atoms with Crippen molar-refractivity contribution >= 4 is 32.6 Å². The third-order valence-electron chi connectivity index (χ3n) is 3.16. The molecular formula is C10H14BrN3S. The summed E-state index contributed by atoms with van der Waals surface area (Å²) in [6, 6.07) is 0. The summed E-state index contributed by atoms with van der Waals surface area (Å²) in [6.07, 6.45) is 2.57. The standard InChI is InChI=1S/C10H14BrN3S/c1-6-4-14(5-8(6)11)10-12-9(13-15-10)7-2-3-7/h6-8H,2-5H2,1H3. The molecular weight excluding hydrogens is 274 g/mol. The van der Waals surface area contributed by atoms with E-state index in [1.807, 2.05) is 0 Å². The monoisotopic (exact) mass is 287 g/mol. The Morgan fingerprint density at radius 3 is 2.80 bits per heavy atom. The summed E-state index contributed by atoms with van der Waals surface area (Å²) in [5.74, 6) is 2.47. The molecule has 15 heavy (non-hydrogen) atoms. The molecule has 2 aliphatic rings. The Bertz CT molecular complexity index is 353. The van der Waals surface area contributed by atoms with Crippen molar-refractivity contribution in [2.45, 2.75) is 30.5 Å². The van der Waals surface area contributed by atoms with Gasteiger partial charge in [0.15, 0.2) is 0 Å². The summed E-state index contributed by atoms with van der Waals surface area (Å²) in [6.45, 7) is 4.46. The van der Waals surface area contributed by atoms with Gasteiger partial charge in [-0.25, -0.2) is 4.98 Å². The lowest BCUT2D eigenvalue weighted by molar-refractivity contribution is 0.679. The average molecular weight is 288 g/mol. The van der Waals surface area contributed by atoms with Crippen LogP contribution in [0.2, 0.25) is 0 Å². The zero-order valence-corrected chi connectivity index (χ0v) is 11.1. The van der Waals surface area contributed by atoms with E-state index in [9.17, 15) is 0 Å². The van der Waals surface area contributed by atoms with Crippen LogP contribution in [0.1, 0.15) is 31.5 Å². The predicted octanol–water partition coefficient (Wildman–Crippen LogP) is 2.64. The van der Waals surface area contributed by atoms with Gasteiger partial charge >= 0.3 is 0 Å². The largest absolute Gasteiger partial charge is 0.345 e. The van der Waals surface area contributed by atoms with Crippen molar-refractivity contribution < 1.29 is 0 Å². The van der Waals surface area contributed by atoms with Crippen LogP contribution in [0.3, 0.4) is 0 Å². The highest BCUT2D eigenvalue weighted by Gasteiger charge is 2.32. The van der Waals surface area contributed by atoms with Crippen LogP contribution in [0.25, 0.3) is 0 Å². The van der Waals surface area contributed by atoms with E-state index in [0.29, 0.717) is 16.7 Å². The van der Waals surface area contributed by atoms with Crippen molar-refractivity contribution in [3.05, 3.63) is 5.82 Å². The van der Waals surface area contributed by atoms with Crippen molar-refractivity contribution in [1.29, 1.82) is 0 Å². The van der Waals surface area contributed by atoms with Crippen LogP contribution in [0.4, 0.5) is 5.13 Å². The number of alkyl halides is 1. The van der Waals surface area contributed by atoms with Gasteiger partial charge in [-0.1, -0.05) is 22.9 Å². The van der Waals surface area contributed by atoms with Gasteiger partial charge in [0.25, 0.3) is 0 Å². The molecule has 1 aliphatic heterocycles. The maximum Gasteiger partial charge on any atom is 0.205 e. The third-order valence-corrected chi connectivity index (χ3v) is 5.15. The van der Waals surface area contributed by atoms with Gasteiger partial charge in [-0.2, -0.15) is 4.37 Å². The predicted molar refractivity (Wildman–Crippen MR) is 66.0 cm³/mol. The first-order chi connectivity index (χ1) is 7.24. The Kier molecular flexibility index (Phi) is 2.47. The Morgan fingerprint density at radius 1 is 1.40 bits per heavy atom. The van der Waals surface area contributed by atoms with Gasteiger partial charge in [0, 0.05) is 35.4 Å². The van der Waals surface area contributed by atoms with Gasteiger partial charge in [0.1, 0.15) is 5.82 Å². The summed E-state index contributed by atoms with van der Waals surface area (Å²) in [5, 5.41) is 1.12. The first kappa shape index (κ1) is 10.0. The van der Waals surface area contributed by atoms with Crippen molar-refractivity contribution in [3.63, 3.8) is 0 Å². The highest BCUT2D eigenvalue weighted by Crippen LogP contribution is 2.40. The molecule has 0 radical (unpaired) electrons. The molecule has 2 fully saturated rings. The average Bonchev–Trinajstić information content (AvgIpc) is 2.85. The number of nitrogens with zero attached hydrogens (tertiary/aromatic N) is 3. The highest BCUT2D eigenvalue weighted by molar-refractivity contribution is 9.09. The molecule has 0 amide bonds. The zero-order valence-electron chi connectivity index (χ0n) is 8.69. The van der Waals surface area contributed by atoms with Gasteiger partial charge in [-0.05, 0) is 18.8 Å². The van der Waals surface area contributed by atoms with E-state index < -0.39 is 0 Å². The second kappa shape index (κ2) is 3.70. The number of halogens is 1. The lowest BCUT2D eigenvalue weighted by Crippen LogP contribution is -2.19. The van der Waals surface area contributed by atoms with Gasteiger partial charge in [-0.15, -0.1) is 0 Å². The van der Waals surface area contributed by atoms with Crippen molar-refractivity contribution in [3.8, 4) is 0 Å². The molecule has 1 saturated carbocycles. The molecule has 1 saturated heterocycles. The molecule has 0 bridgehead atoms. The summed E-state index contributed by atoms with van der Waals surface area (Å²) in [7, 11) is 0. The molecule has 2 heterocycles. The SMILES string of the molecule is CC1CN(c2nc(C3CC3)ns2)CC1Br. The normalized spacial score (nSPS) is 31.2. The fourth-order valence-corrected chi connectivity index (χ4v) is 3.23. The molecule has 3 rings (SSSR count). The first-order valence-electron chi connectivity index (χ1n) is 5.46. The van der Waals surface area contributed by atoms with Crippen LogP contribution < -0.4 is 4.90 Å². The minimum atomic E-state index is 0.603. The first-order valence-corrected chi connectivity index (χ1v) is 7.15. The molecule has 3 nitrogen and oxygen atoms in total. The number of aromatic nitrogens is 2. The number of hydrogen-bond donors (Lipinski definition) is 0. The van der Waals surface area contributed by atoms with Gasteiger partial charge in [-0.3, -0.25) is 0 Å². The Hall–Kier alpha value is -0.160. The maximum atomic E-state index is 4.64. The molecule has 0 spiro atoms. The molecule has 5 heteroatoms. The molecule has 1 aromatic heterocycles. The van der Waals surface area contributed by atoms with Crippen LogP contribution in [-0.4, -0.2) is 27.3 Å². The van der Waals surface area contributed by atoms with E-state index in [2.05, 4.69) is 37.1 Å². The number of hydrogen-bond acceptors (Lipinski definition) is 4. The van der Waals surface area contributed by atoms with Crippen LogP contribution >= 0.6 is 27.5 Å². The topological polar surface area (TPSA) is 29.0 Å². The molecule has 2 unspecified atom stereocenters. The second-order valence-electron chi connectivity index (χ2n) is 4.61. The molecule has 2 atom stereocenters. The van der Waals surface area contributed by atoms with E-state index >= 15 is 0 Å². The fourth-order valence-electron chi connectivity index (χ4n) is 1.95. The van der Waals surface area contributed by atoms with Crippen LogP contribution in [-0.2, 0) is 0 Å². The Morgan fingerprint density at radius 2 is 2.20 bits per heavy atom. The van der Waals surface area contributed by atoms with E-state index in [4.69, 9.17) is 0 Å². The van der Waals surface area contributed by atoms with Gasteiger partial charge in [0.2, 0.25) is 5.13 Å². The molecule has 82 valence electrons. The minimum absolute atomic E-state index is 0.603. The maximum absolute atomic E-state index is 4.64. The van der Waals surface area contributed by atoms with Gasteiger partial charge in [0.05, 0.1) is 0 Å². The smallest absolute Gasteiger partial charge is 0.205 e. The van der Waals surface area contributed by atoms with Crippen molar-refractivity contribution in [2.24, 2.45) is 5.92 Å². The van der Waals surface area contributed by atoms with E-state index in [1.165, 1.54) is 12.8 Å². The van der Waals surface area contributed by atoms with Crippen LogP contribution in [0, 0.1) is 5.92 Å². The quantitative estimate of drug-likeness (QED) is 0.783. The number of rotatable bonds is 2. The van der Waals surface area contributed by atoms with Crippen molar-refractivity contribution in [2.75, 3.05) is 18.0 Å². The Labute approximate surface area is 102 Å². The van der Waals surface area contributed by atoms with Crippen LogP contribution in [0.15, 0.2) is 0 Å². The number of anilines is 1. The molecule has 0 aromatic carbocycles. The highest BCUT2D eigenvalue weighted by atomic mass is 79.9. The lowest BCUT2D eigenvalue weighted by Gasteiger charge is -2.12. The summed E-state index contributed by atoms with van der Waals surface area (Å²) in [4.78, 5) is 7.59. The lowest BCUT2D eigenvalue weighted by atomic mass is 10.2. The summed E-state index contributed by atoms with van der Waals surface area (Å²) < 4.78 is 4.45. The van der Waals surface area contributed by atoms with Crippen molar-refractivity contribution in [1.82, 2.24) is 9.36 Å². The minimum Gasteiger partial charge on any atom is -0.345 e. The molecule has 1 aliphatic carbocycles. The van der Waals surface area contributed by atoms with Crippen LogP contribution in [0.5, 0.6) is 0 Å². The Balaban J connectivity index is 1.75. The summed E-state index contributed by atoms with van der Waals surface area (Å²) >= 11 is 5.27. The fraction of sp³-hybridized carbons (Fsp3) is 0.800. The third kappa shape index (κ3) is 1.91. The van der Waals surface area contributed by atoms with E-state index in [0.717, 1.165) is 24.0 Å². The van der Waals surface area contributed by atoms with E-state index in [1.54, 1.807) is 11.5 Å². The molecule has 1 aromatic rings. The summed E-state index contributed by atoms with van der Waals surface area (Å²) in [5.41, 5.74) is 0. The van der Waals surface area contributed by atoms with Gasteiger partial charge < -0.3 is 4.90 Å². The second-order valence-corrected chi connectivity index (χ2v) is 6.51. The van der Waals surface area contributed by atoms with E-state index in [-0.39, 0.29) is 0 Å². The molecule has 0 N–H and O–H groups in total. The zero-order chi connectivity index (χ0) is 10.4.